The molecule has 16 heavy (non-hydrogen) atoms. The van der Waals surface area contributed by atoms with Gasteiger partial charge in [-0.2, -0.15) is 0 Å². The highest BCUT2D eigenvalue weighted by atomic mass is 16.5. The fourth-order valence-corrected chi connectivity index (χ4v) is 2.00. The maximum atomic E-state index is 5.99. The SMILES string of the molecule is CCN(Cc1cc(OC)ccc1N)C1CC1. The first kappa shape index (κ1) is 11.3. The fourth-order valence-electron chi connectivity index (χ4n) is 2.00. The number of hydrogen-bond donors (Lipinski definition) is 1. The van der Waals surface area contributed by atoms with Crippen LogP contribution in [0.4, 0.5) is 5.69 Å². The predicted octanol–water partition coefficient (Wildman–Crippen LogP) is 2.26. The zero-order valence-electron chi connectivity index (χ0n) is 10.1. The zero-order chi connectivity index (χ0) is 11.5. The molecule has 0 amide bonds. The van der Waals surface area contributed by atoms with E-state index in [-0.39, 0.29) is 0 Å². The molecular weight excluding hydrogens is 200 g/mol. The molecule has 88 valence electrons. The molecule has 0 saturated heterocycles. The summed E-state index contributed by atoms with van der Waals surface area (Å²) < 4.78 is 5.23. The smallest absolute Gasteiger partial charge is 0.119 e. The lowest BCUT2D eigenvalue weighted by Gasteiger charge is -2.21. The number of nitrogens with zero attached hydrogens (tertiary/aromatic N) is 1. The van der Waals surface area contributed by atoms with E-state index in [1.54, 1.807) is 7.11 Å². The van der Waals surface area contributed by atoms with Crippen molar-refractivity contribution in [3.05, 3.63) is 23.8 Å². The van der Waals surface area contributed by atoms with Crippen molar-refractivity contribution in [1.29, 1.82) is 0 Å². The van der Waals surface area contributed by atoms with Crippen molar-refractivity contribution in [2.75, 3.05) is 19.4 Å². The molecule has 1 saturated carbocycles. The van der Waals surface area contributed by atoms with Crippen LogP contribution in [0.5, 0.6) is 5.75 Å². The van der Waals surface area contributed by atoms with Crippen molar-refractivity contribution in [3.63, 3.8) is 0 Å². The zero-order valence-corrected chi connectivity index (χ0v) is 10.1. The second-order valence-electron chi connectivity index (χ2n) is 4.36. The van der Waals surface area contributed by atoms with Crippen molar-refractivity contribution >= 4 is 5.69 Å². The molecule has 2 N–H and O–H groups in total. The molecule has 1 aromatic rings. The van der Waals surface area contributed by atoms with Crippen molar-refractivity contribution in [3.8, 4) is 5.75 Å². The Balaban J connectivity index is 2.11. The molecule has 0 unspecified atom stereocenters. The summed E-state index contributed by atoms with van der Waals surface area (Å²) in [6.07, 6.45) is 2.66. The van der Waals surface area contributed by atoms with Gasteiger partial charge in [0.1, 0.15) is 5.75 Å². The summed E-state index contributed by atoms with van der Waals surface area (Å²) in [7, 11) is 1.69. The van der Waals surface area contributed by atoms with Crippen LogP contribution < -0.4 is 10.5 Å². The monoisotopic (exact) mass is 220 g/mol. The summed E-state index contributed by atoms with van der Waals surface area (Å²) in [4.78, 5) is 2.48. The van der Waals surface area contributed by atoms with E-state index in [1.165, 1.54) is 18.4 Å². The molecule has 0 aromatic heterocycles. The van der Waals surface area contributed by atoms with E-state index in [1.807, 2.05) is 18.2 Å². The van der Waals surface area contributed by atoms with Gasteiger partial charge in [0.2, 0.25) is 0 Å². The van der Waals surface area contributed by atoms with Gasteiger partial charge >= 0.3 is 0 Å². The highest BCUT2D eigenvalue weighted by Gasteiger charge is 2.27. The number of hydrogen-bond acceptors (Lipinski definition) is 3. The molecular formula is C13H20N2O. The third-order valence-electron chi connectivity index (χ3n) is 3.19. The van der Waals surface area contributed by atoms with Crippen LogP contribution in [0.1, 0.15) is 25.3 Å². The average Bonchev–Trinajstić information content (AvgIpc) is 3.12. The van der Waals surface area contributed by atoms with Crippen molar-refractivity contribution < 1.29 is 4.74 Å². The second kappa shape index (κ2) is 4.74. The topological polar surface area (TPSA) is 38.5 Å². The Labute approximate surface area is 97.2 Å². The van der Waals surface area contributed by atoms with Gasteiger partial charge in [-0.3, -0.25) is 4.90 Å². The molecule has 2 rings (SSSR count). The van der Waals surface area contributed by atoms with E-state index >= 15 is 0 Å². The highest BCUT2D eigenvalue weighted by Crippen LogP contribution is 2.29. The largest absolute Gasteiger partial charge is 0.497 e. The molecule has 1 aromatic carbocycles. The summed E-state index contributed by atoms with van der Waals surface area (Å²) in [6.45, 7) is 4.22. The van der Waals surface area contributed by atoms with Crippen LogP contribution in [0.2, 0.25) is 0 Å². The van der Waals surface area contributed by atoms with Crippen LogP contribution >= 0.6 is 0 Å². The van der Waals surface area contributed by atoms with Gasteiger partial charge < -0.3 is 10.5 Å². The summed E-state index contributed by atoms with van der Waals surface area (Å²) in [5.41, 5.74) is 8.02. The fraction of sp³-hybridized carbons (Fsp3) is 0.538. The Bertz CT molecular complexity index is 361. The van der Waals surface area contributed by atoms with Crippen molar-refractivity contribution in [1.82, 2.24) is 4.90 Å². The number of rotatable bonds is 5. The van der Waals surface area contributed by atoms with Crippen LogP contribution in [-0.2, 0) is 6.54 Å². The van der Waals surface area contributed by atoms with Crippen LogP contribution in [0.15, 0.2) is 18.2 Å². The molecule has 1 aliphatic carbocycles. The first-order valence-electron chi connectivity index (χ1n) is 5.91. The van der Waals surface area contributed by atoms with E-state index < -0.39 is 0 Å². The Hall–Kier alpha value is -1.22. The second-order valence-corrected chi connectivity index (χ2v) is 4.36. The minimum Gasteiger partial charge on any atom is -0.497 e. The highest BCUT2D eigenvalue weighted by molar-refractivity contribution is 5.50. The molecule has 0 radical (unpaired) electrons. The van der Waals surface area contributed by atoms with Gasteiger partial charge in [-0.15, -0.1) is 0 Å². The molecule has 1 fully saturated rings. The third-order valence-corrected chi connectivity index (χ3v) is 3.19. The van der Waals surface area contributed by atoms with Crippen LogP contribution in [-0.4, -0.2) is 24.6 Å². The summed E-state index contributed by atoms with van der Waals surface area (Å²) in [5, 5.41) is 0. The number of nitrogens with two attached hydrogens (primary N) is 1. The predicted molar refractivity (Wildman–Crippen MR) is 66.5 cm³/mol. The van der Waals surface area contributed by atoms with E-state index in [4.69, 9.17) is 10.5 Å². The first-order valence-corrected chi connectivity index (χ1v) is 5.91. The van der Waals surface area contributed by atoms with Gasteiger partial charge in [-0.1, -0.05) is 6.92 Å². The molecule has 1 aliphatic rings. The number of anilines is 1. The Morgan fingerprint density at radius 3 is 2.75 bits per heavy atom. The lowest BCUT2D eigenvalue weighted by Crippen LogP contribution is -2.25. The maximum absolute atomic E-state index is 5.99. The van der Waals surface area contributed by atoms with Gasteiger partial charge in [-0.05, 0) is 43.1 Å². The van der Waals surface area contributed by atoms with Gasteiger partial charge in [0.25, 0.3) is 0 Å². The van der Waals surface area contributed by atoms with E-state index in [0.29, 0.717) is 0 Å². The van der Waals surface area contributed by atoms with E-state index in [2.05, 4.69) is 11.8 Å². The normalized spacial score (nSPS) is 15.4. The molecule has 0 atom stereocenters. The van der Waals surface area contributed by atoms with Gasteiger partial charge in [0.15, 0.2) is 0 Å². The lowest BCUT2D eigenvalue weighted by atomic mass is 10.1. The summed E-state index contributed by atoms with van der Waals surface area (Å²) in [5.74, 6) is 0.885. The van der Waals surface area contributed by atoms with Gasteiger partial charge in [0, 0.05) is 18.3 Å². The first-order chi connectivity index (χ1) is 7.74. The average molecular weight is 220 g/mol. The van der Waals surface area contributed by atoms with Crippen LogP contribution in [0.25, 0.3) is 0 Å². The van der Waals surface area contributed by atoms with Crippen molar-refractivity contribution in [2.24, 2.45) is 0 Å². The van der Waals surface area contributed by atoms with Crippen LogP contribution in [0, 0.1) is 0 Å². The summed E-state index contributed by atoms with van der Waals surface area (Å²) >= 11 is 0. The standard InChI is InChI=1S/C13H20N2O/c1-3-15(11-4-5-11)9-10-8-12(16-2)6-7-13(10)14/h6-8,11H,3-5,9,14H2,1-2H3. The molecule has 3 heteroatoms. The van der Waals surface area contributed by atoms with Gasteiger partial charge in [-0.25, -0.2) is 0 Å². The van der Waals surface area contributed by atoms with Gasteiger partial charge in [0.05, 0.1) is 7.11 Å². The Morgan fingerprint density at radius 1 is 1.44 bits per heavy atom. The quantitative estimate of drug-likeness (QED) is 0.774. The van der Waals surface area contributed by atoms with E-state index in [0.717, 1.165) is 30.6 Å². The number of methoxy groups -OCH3 is 1. The van der Waals surface area contributed by atoms with Crippen molar-refractivity contribution in [2.45, 2.75) is 32.4 Å². The minimum atomic E-state index is 0.774. The minimum absolute atomic E-state index is 0.774. The maximum Gasteiger partial charge on any atom is 0.119 e. The molecule has 0 heterocycles. The number of benzene rings is 1. The number of ether oxygens (including phenoxy) is 1. The summed E-state index contributed by atoms with van der Waals surface area (Å²) in [6, 6.07) is 6.65. The Morgan fingerprint density at radius 2 is 2.19 bits per heavy atom. The molecule has 0 aliphatic heterocycles. The van der Waals surface area contributed by atoms with Crippen LogP contribution in [0.3, 0.4) is 0 Å². The lowest BCUT2D eigenvalue weighted by molar-refractivity contribution is 0.269. The third kappa shape index (κ3) is 2.47. The number of nitrogen functional groups attached to an aromatic ring is 1. The molecule has 0 bridgehead atoms. The molecule has 3 nitrogen and oxygen atoms in total. The van der Waals surface area contributed by atoms with E-state index in [9.17, 15) is 0 Å². The molecule has 0 spiro atoms. The Kier molecular flexibility index (Phi) is 3.34.